The molecule has 2 N–H and O–H groups in total. The molecule has 0 aliphatic heterocycles. The van der Waals surface area contributed by atoms with Crippen LogP contribution in [0.5, 0.6) is 11.5 Å². The highest BCUT2D eigenvalue weighted by Crippen LogP contribution is 2.17. The molecular weight excluding hydrogens is 270 g/mol. The number of esters is 1. The van der Waals surface area contributed by atoms with Crippen molar-refractivity contribution in [3.05, 3.63) is 54.1 Å². The van der Waals surface area contributed by atoms with Gasteiger partial charge in [0, 0.05) is 12.6 Å². The van der Waals surface area contributed by atoms with Crippen molar-refractivity contribution in [1.29, 1.82) is 0 Å². The summed E-state index contributed by atoms with van der Waals surface area (Å²) in [6.07, 6.45) is 0.119. The van der Waals surface area contributed by atoms with Crippen molar-refractivity contribution >= 4 is 17.6 Å². The fraction of sp³-hybridized carbons (Fsp3) is 0.125. The third-order valence-corrected chi connectivity index (χ3v) is 2.69. The van der Waals surface area contributed by atoms with Crippen LogP contribution >= 0.6 is 0 Å². The molecule has 5 nitrogen and oxygen atoms in total. The number of phenols is 1. The maximum absolute atomic E-state index is 11.8. The van der Waals surface area contributed by atoms with Crippen molar-refractivity contribution in [2.75, 3.05) is 5.32 Å². The Bertz CT molecular complexity index is 632. The first kappa shape index (κ1) is 14.6. The lowest BCUT2D eigenvalue weighted by Crippen LogP contribution is -2.11. The molecule has 0 saturated heterocycles. The lowest BCUT2D eigenvalue weighted by molar-refractivity contribution is -0.133. The van der Waals surface area contributed by atoms with Crippen LogP contribution in [0.15, 0.2) is 48.5 Å². The highest BCUT2D eigenvalue weighted by Gasteiger charge is 2.07. The second-order valence-electron chi connectivity index (χ2n) is 4.52. The molecule has 108 valence electrons. The summed E-state index contributed by atoms with van der Waals surface area (Å²) in [5.41, 5.74) is 1.40. The Morgan fingerprint density at radius 3 is 2.24 bits per heavy atom. The Morgan fingerprint density at radius 2 is 1.67 bits per heavy atom. The minimum Gasteiger partial charge on any atom is -0.508 e. The quantitative estimate of drug-likeness (QED) is 0.668. The van der Waals surface area contributed by atoms with Crippen LogP contribution < -0.4 is 10.1 Å². The first-order valence-corrected chi connectivity index (χ1v) is 6.39. The Kier molecular flexibility index (Phi) is 4.56. The van der Waals surface area contributed by atoms with Gasteiger partial charge < -0.3 is 15.2 Å². The van der Waals surface area contributed by atoms with E-state index in [0.717, 1.165) is 5.56 Å². The van der Waals surface area contributed by atoms with Gasteiger partial charge in [0.05, 0.1) is 6.42 Å². The molecule has 0 aliphatic rings. The van der Waals surface area contributed by atoms with Gasteiger partial charge in [-0.1, -0.05) is 12.1 Å². The number of benzene rings is 2. The number of ether oxygens (including phenoxy) is 1. The Morgan fingerprint density at radius 1 is 1.05 bits per heavy atom. The number of carbonyl (C=O) groups excluding carboxylic acids is 2. The summed E-state index contributed by atoms with van der Waals surface area (Å²) in [7, 11) is 0. The van der Waals surface area contributed by atoms with E-state index in [1.807, 2.05) is 0 Å². The minimum absolute atomic E-state index is 0.119. The predicted octanol–water partition coefficient (Wildman–Crippen LogP) is 2.50. The van der Waals surface area contributed by atoms with Gasteiger partial charge in [-0.25, -0.2) is 0 Å². The Labute approximate surface area is 122 Å². The highest BCUT2D eigenvalue weighted by atomic mass is 16.5. The predicted molar refractivity (Wildman–Crippen MR) is 78.2 cm³/mol. The van der Waals surface area contributed by atoms with Crippen molar-refractivity contribution < 1.29 is 19.4 Å². The first-order valence-electron chi connectivity index (χ1n) is 6.39. The van der Waals surface area contributed by atoms with Crippen LogP contribution in [0, 0.1) is 0 Å². The van der Waals surface area contributed by atoms with Gasteiger partial charge in [-0.2, -0.15) is 0 Å². The van der Waals surface area contributed by atoms with Crippen LogP contribution in [0.1, 0.15) is 12.5 Å². The molecule has 0 radical (unpaired) electrons. The smallest absolute Gasteiger partial charge is 0.315 e. The largest absolute Gasteiger partial charge is 0.508 e. The number of carbonyl (C=O) groups is 2. The number of nitrogens with one attached hydrogen (secondary N) is 1. The van der Waals surface area contributed by atoms with Crippen LogP contribution in [0.4, 0.5) is 5.69 Å². The second-order valence-corrected chi connectivity index (χ2v) is 4.52. The molecule has 2 aromatic rings. The van der Waals surface area contributed by atoms with Gasteiger partial charge in [0.1, 0.15) is 11.5 Å². The van der Waals surface area contributed by atoms with E-state index in [0.29, 0.717) is 11.4 Å². The average molecular weight is 285 g/mol. The van der Waals surface area contributed by atoms with E-state index in [2.05, 4.69) is 5.32 Å². The van der Waals surface area contributed by atoms with E-state index in [9.17, 15) is 9.59 Å². The standard InChI is InChI=1S/C16H15NO4/c1-11(18)17-13-4-8-15(9-5-13)21-16(20)10-12-2-6-14(19)7-3-12/h2-9,19H,10H2,1H3,(H,17,18). The Hall–Kier alpha value is -2.82. The molecular formula is C16H15NO4. The number of hydrogen-bond donors (Lipinski definition) is 2. The maximum Gasteiger partial charge on any atom is 0.315 e. The summed E-state index contributed by atoms with van der Waals surface area (Å²) in [5, 5.41) is 11.8. The summed E-state index contributed by atoms with van der Waals surface area (Å²) >= 11 is 0. The van der Waals surface area contributed by atoms with Gasteiger partial charge in [0.25, 0.3) is 0 Å². The first-order chi connectivity index (χ1) is 10.0. The zero-order valence-electron chi connectivity index (χ0n) is 11.5. The molecule has 2 rings (SSSR count). The van der Waals surface area contributed by atoms with Crippen LogP contribution in [0.25, 0.3) is 0 Å². The van der Waals surface area contributed by atoms with E-state index in [4.69, 9.17) is 9.84 Å². The molecule has 5 heteroatoms. The number of phenolic OH excluding ortho intramolecular Hbond substituents is 1. The number of amides is 1. The van der Waals surface area contributed by atoms with Gasteiger partial charge in [-0.05, 0) is 42.0 Å². The molecule has 2 aromatic carbocycles. The molecule has 0 aliphatic carbocycles. The molecule has 0 saturated carbocycles. The summed E-state index contributed by atoms with van der Waals surface area (Å²) in [5.74, 6) is 0.00796. The summed E-state index contributed by atoms with van der Waals surface area (Å²) in [4.78, 5) is 22.7. The van der Waals surface area contributed by atoms with Crippen molar-refractivity contribution in [3.63, 3.8) is 0 Å². The van der Waals surface area contributed by atoms with E-state index in [-0.39, 0.29) is 18.1 Å². The normalized spacial score (nSPS) is 9.95. The molecule has 0 unspecified atom stereocenters. The topological polar surface area (TPSA) is 75.6 Å². The number of rotatable bonds is 4. The van der Waals surface area contributed by atoms with Gasteiger partial charge in [-0.3, -0.25) is 9.59 Å². The highest BCUT2D eigenvalue weighted by molar-refractivity contribution is 5.88. The molecule has 0 atom stereocenters. The lowest BCUT2D eigenvalue weighted by Gasteiger charge is -2.06. The van der Waals surface area contributed by atoms with Crippen LogP contribution in [0.3, 0.4) is 0 Å². The molecule has 0 aromatic heterocycles. The van der Waals surface area contributed by atoms with Crippen LogP contribution in [-0.2, 0) is 16.0 Å². The van der Waals surface area contributed by atoms with Crippen molar-refractivity contribution in [2.45, 2.75) is 13.3 Å². The zero-order valence-corrected chi connectivity index (χ0v) is 11.5. The summed E-state index contributed by atoms with van der Waals surface area (Å²) in [6, 6.07) is 12.9. The third kappa shape index (κ3) is 4.65. The molecule has 0 fully saturated rings. The molecule has 1 amide bonds. The zero-order chi connectivity index (χ0) is 15.2. The second kappa shape index (κ2) is 6.56. The minimum atomic E-state index is -0.395. The van der Waals surface area contributed by atoms with Crippen LogP contribution in [-0.4, -0.2) is 17.0 Å². The van der Waals surface area contributed by atoms with Crippen LogP contribution in [0.2, 0.25) is 0 Å². The van der Waals surface area contributed by atoms with E-state index in [1.165, 1.54) is 19.1 Å². The maximum atomic E-state index is 11.8. The van der Waals surface area contributed by atoms with Crippen molar-refractivity contribution in [3.8, 4) is 11.5 Å². The molecule has 21 heavy (non-hydrogen) atoms. The summed E-state index contributed by atoms with van der Waals surface area (Å²) < 4.78 is 5.19. The number of hydrogen-bond acceptors (Lipinski definition) is 4. The fourth-order valence-electron chi connectivity index (χ4n) is 1.76. The van der Waals surface area contributed by atoms with E-state index in [1.54, 1.807) is 36.4 Å². The van der Waals surface area contributed by atoms with Gasteiger partial charge in [0.15, 0.2) is 0 Å². The van der Waals surface area contributed by atoms with Gasteiger partial charge in [-0.15, -0.1) is 0 Å². The third-order valence-electron chi connectivity index (χ3n) is 2.69. The molecule has 0 heterocycles. The van der Waals surface area contributed by atoms with Crippen molar-refractivity contribution in [1.82, 2.24) is 0 Å². The molecule has 0 bridgehead atoms. The average Bonchev–Trinajstić information content (AvgIpc) is 2.43. The fourth-order valence-corrected chi connectivity index (χ4v) is 1.76. The van der Waals surface area contributed by atoms with Gasteiger partial charge >= 0.3 is 5.97 Å². The Balaban J connectivity index is 1.93. The van der Waals surface area contributed by atoms with Gasteiger partial charge in [0.2, 0.25) is 5.91 Å². The van der Waals surface area contributed by atoms with E-state index < -0.39 is 5.97 Å². The lowest BCUT2D eigenvalue weighted by atomic mass is 10.1. The number of aromatic hydroxyl groups is 1. The summed E-state index contributed by atoms with van der Waals surface area (Å²) in [6.45, 7) is 1.42. The van der Waals surface area contributed by atoms with Crippen molar-refractivity contribution in [2.24, 2.45) is 0 Å². The van der Waals surface area contributed by atoms with E-state index >= 15 is 0 Å². The molecule has 0 spiro atoms. The monoisotopic (exact) mass is 285 g/mol. The SMILES string of the molecule is CC(=O)Nc1ccc(OC(=O)Cc2ccc(O)cc2)cc1. The number of anilines is 1.